The van der Waals surface area contributed by atoms with Crippen molar-refractivity contribution < 1.29 is 9.53 Å². The number of aromatic amines is 1. The van der Waals surface area contributed by atoms with Gasteiger partial charge in [-0.25, -0.2) is 10.1 Å². The number of rotatable bonds is 9. The van der Waals surface area contributed by atoms with Crippen molar-refractivity contribution in [2.45, 2.75) is 39.2 Å². The summed E-state index contributed by atoms with van der Waals surface area (Å²) in [7, 11) is 1.33. The second-order valence-corrected chi connectivity index (χ2v) is 7.94. The standard InChI is InChI=1S/C25H26N6O3/c1-3-4-9-22-26-19(15-24(33)34-2)14-23(32)31(22)16-17-10-12-18(13-11-17)20-7-5-6-8-21(20)25-27-29-30-28-25/h5-8,10-14H,3-4,9,15-16H2,1-2H3,(H,27,28,29,30). The van der Waals surface area contributed by atoms with Crippen molar-refractivity contribution in [2.75, 3.05) is 7.11 Å². The van der Waals surface area contributed by atoms with Crippen LogP contribution in [0.1, 0.15) is 36.8 Å². The van der Waals surface area contributed by atoms with Gasteiger partial charge in [0.2, 0.25) is 0 Å². The van der Waals surface area contributed by atoms with Gasteiger partial charge in [0.25, 0.3) is 5.56 Å². The molecule has 9 nitrogen and oxygen atoms in total. The predicted molar refractivity (Wildman–Crippen MR) is 127 cm³/mol. The Balaban J connectivity index is 1.62. The number of benzene rings is 2. The molecule has 0 aliphatic carbocycles. The number of unbranched alkanes of at least 4 members (excludes halogenated alkanes) is 1. The van der Waals surface area contributed by atoms with Crippen LogP contribution in [0.15, 0.2) is 59.4 Å². The first-order chi connectivity index (χ1) is 16.6. The van der Waals surface area contributed by atoms with E-state index in [1.807, 2.05) is 48.5 Å². The Labute approximate surface area is 196 Å². The summed E-state index contributed by atoms with van der Waals surface area (Å²) in [4.78, 5) is 29.2. The maximum Gasteiger partial charge on any atom is 0.311 e. The molecule has 1 N–H and O–H groups in total. The molecule has 0 atom stereocenters. The summed E-state index contributed by atoms with van der Waals surface area (Å²) < 4.78 is 6.40. The van der Waals surface area contributed by atoms with Crippen LogP contribution < -0.4 is 5.56 Å². The normalized spacial score (nSPS) is 10.9. The van der Waals surface area contributed by atoms with Crippen LogP contribution in [0.5, 0.6) is 0 Å². The number of esters is 1. The van der Waals surface area contributed by atoms with Crippen LogP contribution in [0.2, 0.25) is 0 Å². The Hall–Kier alpha value is -4.14. The zero-order chi connectivity index (χ0) is 23.9. The SMILES string of the molecule is CCCCc1nc(CC(=O)OC)cc(=O)n1Cc1ccc(-c2ccccc2-c2nnn[nH]2)cc1. The quantitative estimate of drug-likeness (QED) is 0.383. The van der Waals surface area contributed by atoms with Gasteiger partial charge in [0.15, 0.2) is 5.82 Å². The van der Waals surface area contributed by atoms with Crippen LogP contribution in [-0.2, 0) is 28.9 Å². The number of hydrogen-bond donors (Lipinski definition) is 1. The summed E-state index contributed by atoms with van der Waals surface area (Å²) in [5, 5.41) is 14.2. The van der Waals surface area contributed by atoms with Gasteiger partial charge in [-0.2, -0.15) is 0 Å². The van der Waals surface area contributed by atoms with Crippen molar-refractivity contribution in [1.82, 2.24) is 30.2 Å². The highest BCUT2D eigenvalue weighted by molar-refractivity contribution is 5.80. The smallest absolute Gasteiger partial charge is 0.311 e. The van der Waals surface area contributed by atoms with E-state index in [1.165, 1.54) is 13.2 Å². The molecule has 0 saturated carbocycles. The summed E-state index contributed by atoms with van der Waals surface area (Å²) >= 11 is 0. The Morgan fingerprint density at radius 3 is 2.53 bits per heavy atom. The monoisotopic (exact) mass is 458 g/mol. The lowest BCUT2D eigenvalue weighted by molar-refractivity contribution is -0.139. The molecule has 0 aliphatic heterocycles. The Bertz CT molecular complexity index is 1310. The topological polar surface area (TPSA) is 116 Å². The lowest BCUT2D eigenvalue weighted by Gasteiger charge is -2.14. The summed E-state index contributed by atoms with van der Waals surface area (Å²) in [6, 6.07) is 17.4. The molecule has 0 fully saturated rings. The fourth-order valence-electron chi connectivity index (χ4n) is 3.80. The van der Waals surface area contributed by atoms with E-state index in [0.29, 0.717) is 30.3 Å². The third-order valence-electron chi connectivity index (χ3n) is 5.58. The molecule has 2 heterocycles. The molecular weight excluding hydrogens is 432 g/mol. The van der Waals surface area contributed by atoms with Crippen molar-refractivity contribution in [3.63, 3.8) is 0 Å². The zero-order valence-corrected chi connectivity index (χ0v) is 19.2. The van der Waals surface area contributed by atoms with Gasteiger partial charge in [0.1, 0.15) is 5.82 Å². The number of nitrogens with one attached hydrogen (secondary N) is 1. The molecule has 174 valence electrons. The number of methoxy groups -OCH3 is 1. The van der Waals surface area contributed by atoms with E-state index in [-0.39, 0.29) is 12.0 Å². The van der Waals surface area contributed by atoms with Gasteiger partial charge in [0.05, 0.1) is 25.8 Å². The first-order valence-corrected chi connectivity index (χ1v) is 11.2. The van der Waals surface area contributed by atoms with E-state index >= 15 is 0 Å². The molecule has 0 aliphatic rings. The van der Waals surface area contributed by atoms with Crippen molar-refractivity contribution in [1.29, 1.82) is 0 Å². The number of nitrogens with zero attached hydrogens (tertiary/aromatic N) is 5. The molecule has 9 heteroatoms. The average molecular weight is 459 g/mol. The first-order valence-electron chi connectivity index (χ1n) is 11.2. The van der Waals surface area contributed by atoms with E-state index in [9.17, 15) is 9.59 Å². The fraction of sp³-hybridized carbons (Fsp3) is 0.280. The lowest BCUT2D eigenvalue weighted by Crippen LogP contribution is -2.27. The maximum atomic E-state index is 12.9. The van der Waals surface area contributed by atoms with Crippen LogP contribution in [-0.4, -0.2) is 43.3 Å². The molecule has 2 aromatic heterocycles. The molecule has 0 bridgehead atoms. The summed E-state index contributed by atoms with van der Waals surface area (Å²) in [6.07, 6.45) is 2.53. The average Bonchev–Trinajstić information content (AvgIpc) is 3.40. The molecule has 4 aromatic rings. The van der Waals surface area contributed by atoms with Crippen molar-refractivity contribution in [3.8, 4) is 22.5 Å². The molecule has 0 radical (unpaired) electrons. The summed E-state index contributed by atoms with van der Waals surface area (Å²) in [5.74, 6) is 0.869. The van der Waals surface area contributed by atoms with Crippen LogP contribution in [0.4, 0.5) is 0 Å². The minimum atomic E-state index is -0.414. The second-order valence-electron chi connectivity index (χ2n) is 7.94. The number of H-pyrrole nitrogens is 1. The zero-order valence-electron chi connectivity index (χ0n) is 19.2. The highest BCUT2D eigenvalue weighted by Gasteiger charge is 2.13. The lowest BCUT2D eigenvalue weighted by atomic mass is 9.98. The van der Waals surface area contributed by atoms with Crippen LogP contribution in [0.3, 0.4) is 0 Å². The molecule has 4 rings (SSSR count). The molecule has 34 heavy (non-hydrogen) atoms. The highest BCUT2D eigenvalue weighted by atomic mass is 16.5. The summed E-state index contributed by atoms with van der Waals surface area (Å²) in [6.45, 7) is 2.49. The largest absolute Gasteiger partial charge is 0.469 e. The van der Waals surface area contributed by atoms with Gasteiger partial charge in [0, 0.05) is 18.1 Å². The minimum Gasteiger partial charge on any atom is -0.469 e. The molecular formula is C25H26N6O3. The van der Waals surface area contributed by atoms with E-state index in [2.05, 4.69) is 32.5 Å². The summed E-state index contributed by atoms with van der Waals surface area (Å²) in [5.41, 5.74) is 4.16. The van der Waals surface area contributed by atoms with E-state index in [0.717, 1.165) is 35.1 Å². The van der Waals surface area contributed by atoms with Gasteiger partial charge < -0.3 is 4.74 Å². The third-order valence-corrected chi connectivity index (χ3v) is 5.58. The first kappa shape index (κ1) is 23.0. The van der Waals surface area contributed by atoms with E-state index < -0.39 is 5.97 Å². The predicted octanol–water partition coefficient (Wildman–Crippen LogP) is 3.20. The van der Waals surface area contributed by atoms with Crippen LogP contribution in [0.25, 0.3) is 22.5 Å². The van der Waals surface area contributed by atoms with Crippen LogP contribution >= 0.6 is 0 Å². The number of aryl methyl sites for hydroxylation is 1. The molecule has 2 aromatic carbocycles. The maximum absolute atomic E-state index is 12.9. The number of tetrazole rings is 1. The van der Waals surface area contributed by atoms with Gasteiger partial charge in [-0.15, -0.1) is 5.10 Å². The Morgan fingerprint density at radius 2 is 1.85 bits per heavy atom. The Kier molecular flexibility index (Phi) is 7.22. The van der Waals surface area contributed by atoms with Crippen LogP contribution in [0, 0.1) is 0 Å². The van der Waals surface area contributed by atoms with Crippen molar-refractivity contribution in [3.05, 3.63) is 82.0 Å². The number of hydrogen-bond acceptors (Lipinski definition) is 7. The van der Waals surface area contributed by atoms with Gasteiger partial charge in [-0.1, -0.05) is 61.9 Å². The van der Waals surface area contributed by atoms with E-state index in [4.69, 9.17) is 4.74 Å². The second kappa shape index (κ2) is 10.7. The van der Waals surface area contributed by atoms with Crippen molar-refractivity contribution >= 4 is 5.97 Å². The van der Waals surface area contributed by atoms with Crippen molar-refractivity contribution in [2.24, 2.45) is 0 Å². The molecule has 0 unspecified atom stereocenters. The number of aromatic nitrogens is 6. The fourth-order valence-corrected chi connectivity index (χ4v) is 3.80. The number of ether oxygens (including phenoxy) is 1. The van der Waals surface area contributed by atoms with Gasteiger partial charge in [-0.05, 0) is 33.5 Å². The molecule has 0 amide bonds. The van der Waals surface area contributed by atoms with Gasteiger partial charge in [-0.3, -0.25) is 14.2 Å². The third kappa shape index (κ3) is 5.25. The number of carbonyl (C=O) groups is 1. The highest BCUT2D eigenvalue weighted by Crippen LogP contribution is 2.29. The minimum absolute atomic E-state index is 0.0134. The Morgan fingerprint density at radius 1 is 1.09 bits per heavy atom. The van der Waals surface area contributed by atoms with E-state index in [1.54, 1.807) is 4.57 Å². The molecule has 0 saturated heterocycles. The molecule has 0 spiro atoms. The van der Waals surface area contributed by atoms with Gasteiger partial charge >= 0.3 is 5.97 Å². The number of carbonyl (C=O) groups excluding carboxylic acids is 1.